The predicted octanol–water partition coefficient (Wildman–Crippen LogP) is 5.51. The van der Waals surface area contributed by atoms with Crippen molar-refractivity contribution in [3.05, 3.63) is 94.8 Å². The van der Waals surface area contributed by atoms with Gasteiger partial charge in [0, 0.05) is 22.5 Å². The second-order valence-electron chi connectivity index (χ2n) is 6.73. The first kappa shape index (κ1) is 19.4. The zero-order valence-electron chi connectivity index (χ0n) is 16.1. The predicted molar refractivity (Wildman–Crippen MR) is 119 cm³/mol. The number of benzene rings is 2. The van der Waals surface area contributed by atoms with Crippen molar-refractivity contribution in [1.82, 2.24) is 9.38 Å². The zero-order chi connectivity index (χ0) is 21.1. The van der Waals surface area contributed by atoms with Crippen molar-refractivity contribution in [1.29, 1.82) is 5.26 Å². The maximum Gasteiger partial charge on any atom is 0.266 e. The van der Waals surface area contributed by atoms with Crippen LogP contribution in [0.15, 0.2) is 78.5 Å². The molecule has 1 amide bonds. The minimum absolute atomic E-state index is 0.0320. The van der Waals surface area contributed by atoms with Gasteiger partial charge in [0.25, 0.3) is 5.91 Å². The van der Waals surface area contributed by atoms with Gasteiger partial charge in [-0.2, -0.15) is 5.26 Å². The van der Waals surface area contributed by atoms with Crippen molar-refractivity contribution in [2.24, 2.45) is 0 Å². The van der Waals surface area contributed by atoms with Crippen LogP contribution < -0.4 is 5.32 Å². The van der Waals surface area contributed by atoms with Crippen LogP contribution in [0.5, 0.6) is 0 Å². The number of aryl methyl sites for hydroxylation is 1. The number of hydrogen-bond acceptors (Lipinski definition) is 3. The summed E-state index contributed by atoms with van der Waals surface area (Å²) in [6.07, 6.45) is 3.44. The molecule has 2 aromatic heterocycles. The van der Waals surface area contributed by atoms with E-state index in [1.165, 1.54) is 0 Å². The molecule has 0 aliphatic carbocycles. The van der Waals surface area contributed by atoms with Gasteiger partial charge >= 0.3 is 0 Å². The standard InChI is InChI=1S/C24H17ClN4O/c1-16-7-6-12-29-21(22(28-23(16)29)17-8-3-2-4-9-17)13-18(15-26)24(30)27-20-11-5-10-19(25)14-20/h2-14H,1H3,(H,27,30)/b18-13+. The lowest BCUT2D eigenvalue weighted by atomic mass is 10.1. The number of nitriles is 1. The SMILES string of the molecule is Cc1cccn2c(/C=C(\C#N)C(=O)Nc3cccc(Cl)c3)c(-c3ccccc3)nc12. The second kappa shape index (κ2) is 8.24. The van der Waals surface area contributed by atoms with Crippen molar-refractivity contribution >= 4 is 34.9 Å². The van der Waals surface area contributed by atoms with Gasteiger partial charge in [0.15, 0.2) is 0 Å². The van der Waals surface area contributed by atoms with Crippen LogP contribution in [0.2, 0.25) is 5.02 Å². The van der Waals surface area contributed by atoms with Crippen LogP contribution in [0, 0.1) is 18.3 Å². The molecule has 0 unspecified atom stereocenters. The van der Waals surface area contributed by atoms with Crippen molar-refractivity contribution in [2.45, 2.75) is 6.92 Å². The molecular formula is C24H17ClN4O. The van der Waals surface area contributed by atoms with Crippen LogP contribution in [-0.2, 0) is 4.79 Å². The number of carbonyl (C=O) groups excluding carboxylic acids is 1. The molecule has 0 aliphatic rings. The molecule has 0 radical (unpaired) electrons. The van der Waals surface area contributed by atoms with E-state index >= 15 is 0 Å². The molecule has 0 fully saturated rings. The molecule has 0 atom stereocenters. The van der Waals surface area contributed by atoms with Gasteiger partial charge in [-0.1, -0.05) is 54.1 Å². The molecule has 2 heterocycles. The first-order chi connectivity index (χ1) is 14.6. The number of rotatable bonds is 4. The third-order valence-corrected chi connectivity index (χ3v) is 4.89. The quantitative estimate of drug-likeness (QED) is 0.355. The number of fused-ring (bicyclic) bond motifs is 1. The molecule has 1 N–H and O–H groups in total. The Hall–Kier alpha value is -3.88. The number of anilines is 1. The molecule has 4 aromatic rings. The summed E-state index contributed by atoms with van der Waals surface area (Å²) in [4.78, 5) is 17.5. The lowest BCUT2D eigenvalue weighted by molar-refractivity contribution is -0.112. The minimum atomic E-state index is -0.513. The average molecular weight is 413 g/mol. The largest absolute Gasteiger partial charge is 0.321 e. The molecule has 0 bridgehead atoms. The van der Waals surface area contributed by atoms with E-state index in [0.29, 0.717) is 22.1 Å². The van der Waals surface area contributed by atoms with Crippen molar-refractivity contribution < 1.29 is 4.79 Å². The summed E-state index contributed by atoms with van der Waals surface area (Å²) >= 11 is 5.98. The van der Waals surface area contributed by atoms with Crippen LogP contribution in [0.1, 0.15) is 11.3 Å². The van der Waals surface area contributed by atoms with E-state index in [4.69, 9.17) is 16.6 Å². The van der Waals surface area contributed by atoms with Gasteiger partial charge in [-0.05, 0) is 42.8 Å². The summed E-state index contributed by atoms with van der Waals surface area (Å²) in [6.45, 7) is 1.97. The molecule has 30 heavy (non-hydrogen) atoms. The summed E-state index contributed by atoms with van der Waals surface area (Å²) in [5.74, 6) is -0.513. The molecule has 146 valence electrons. The Kier molecular flexibility index (Phi) is 5.34. The summed E-state index contributed by atoms with van der Waals surface area (Å²) in [5.41, 5.74) is 4.53. The molecule has 0 aliphatic heterocycles. The fraction of sp³-hybridized carbons (Fsp3) is 0.0417. The number of carbonyl (C=O) groups is 1. The number of nitrogens with one attached hydrogen (secondary N) is 1. The Morgan fingerprint density at radius 1 is 1.13 bits per heavy atom. The maximum absolute atomic E-state index is 12.8. The molecule has 2 aromatic carbocycles. The fourth-order valence-electron chi connectivity index (χ4n) is 3.22. The average Bonchev–Trinajstić information content (AvgIpc) is 3.12. The lowest BCUT2D eigenvalue weighted by Gasteiger charge is -2.06. The van der Waals surface area contributed by atoms with Crippen LogP contribution in [0.3, 0.4) is 0 Å². The van der Waals surface area contributed by atoms with E-state index in [1.54, 1.807) is 30.3 Å². The highest BCUT2D eigenvalue weighted by molar-refractivity contribution is 6.31. The fourth-order valence-corrected chi connectivity index (χ4v) is 3.41. The van der Waals surface area contributed by atoms with Crippen molar-refractivity contribution in [3.8, 4) is 17.3 Å². The highest BCUT2D eigenvalue weighted by Gasteiger charge is 2.17. The maximum atomic E-state index is 12.8. The number of aromatic nitrogens is 2. The van der Waals surface area contributed by atoms with E-state index in [2.05, 4.69) is 5.32 Å². The number of imidazole rings is 1. The Bertz CT molecular complexity index is 1320. The summed E-state index contributed by atoms with van der Waals surface area (Å²) in [5, 5.41) is 12.9. The van der Waals surface area contributed by atoms with E-state index in [0.717, 1.165) is 16.8 Å². The monoisotopic (exact) mass is 412 g/mol. The van der Waals surface area contributed by atoms with Gasteiger partial charge < -0.3 is 5.32 Å². The molecule has 6 heteroatoms. The number of halogens is 1. The third kappa shape index (κ3) is 3.82. The van der Waals surface area contributed by atoms with Gasteiger partial charge in [-0.25, -0.2) is 4.98 Å². The minimum Gasteiger partial charge on any atom is -0.321 e. The Balaban J connectivity index is 1.83. The van der Waals surface area contributed by atoms with Crippen LogP contribution in [0.25, 0.3) is 23.0 Å². The normalized spacial score (nSPS) is 11.3. The van der Waals surface area contributed by atoms with E-state index < -0.39 is 5.91 Å². The summed E-state index contributed by atoms with van der Waals surface area (Å²) in [6, 6.07) is 22.4. The lowest BCUT2D eigenvalue weighted by Crippen LogP contribution is -2.13. The van der Waals surface area contributed by atoms with Crippen LogP contribution >= 0.6 is 11.6 Å². The smallest absolute Gasteiger partial charge is 0.266 e. The Labute approximate surface area is 178 Å². The summed E-state index contributed by atoms with van der Waals surface area (Å²) < 4.78 is 1.89. The van der Waals surface area contributed by atoms with Crippen LogP contribution in [-0.4, -0.2) is 15.3 Å². The topological polar surface area (TPSA) is 70.2 Å². The summed E-state index contributed by atoms with van der Waals surface area (Å²) in [7, 11) is 0. The van der Waals surface area contributed by atoms with Gasteiger partial charge in [0.2, 0.25) is 0 Å². The van der Waals surface area contributed by atoms with E-state index in [9.17, 15) is 10.1 Å². The molecule has 0 spiro atoms. The highest BCUT2D eigenvalue weighted by atomic mass is 35.5. The zero-order valence-corrected chi connectivity index (χ0v) is 16.9. The van der Waals surface area contributed by atoms with E-state index in [-0.39, 0.29) is 5.57 Å². The number of hydrogen-bond donors (Lipinski definition) is 1. The van der Waals surface area contributed by atoms with Crippen LogP contribution in [0.4, 0.5) is 5.69 Å². The number of nitrogens with zero attached hydrogens (tertiary/aromatic N) is 3. The van der Waals surface area contributed by atoms with E-state index in [1.807, 2.05) is 66.1 Å². The van der Waals surface area contributed by atoms with Gasteiger partial charge in [-0.3, -0.25) is 9.20 Å². The molecule has 0 saturated carbocycles. The Morgan fingerprint density at radius 3 is 2.67 bits per heavy atom. The third-order valence-electron chi connectivity index (χ3n) is 4.66. The Morgan fingerprint density at radius 2 is 1.93 bits per heavy atom. The first-order valence-corrected chi connectivity index (χ1v) is 9.66. The molecule has 5 nitrogen and oxygen atoms in total. The van der Waals surface area contributed by atoms with Gasteiger partial charge in [-0.15, -0.1) is 0 Å². The molecular weight excluding hydrogens is 396 g/mol. The van der Waals surface area contributed by atoms with Crippen molar-refractivity contribution in [2.75, 3.05) is 5.32 Å². The van der Waals surface area contributed by atoms with Gasteiger partial charge in [0.1, 0.15) is 17.3 Å². The molecule has 4 rings (SSSR count). The molecule has 0 saturated heterocycles. The number of pyridine rings is 1. The first-order valence-electron chi connectivity index (χ1n) is 9.28. The van der Waals surface area contributed by atoms with Gasteiger partial charge in [0.05, 0.1) is 11.4 Å². The number of amides is 1. The highest BCUT2D eigenvalue weighted by Crippen LogP contribution is 2.28. The van der Waals surface area contributed by atoms with Crippen molar-refractivity contribution in [3.63, 3.8) is 0 Å². The second-order valence-corrected chi connectivity index (χ2v) is 7.17.